The summed E-state index contributed by atoms with van der Waals surface area (Å²) in [6.45, 7) is 6.99. The van der Waals surface area contributed by atoms with Crippen molar-refractivity contribution < 1.29 is 0 Å². The van der Waals surface area contributed by atoms with Gasteiger partial charge < -0.3 is 5.32 Å². The predicted octanol–water partition coefficient (Wildman–Crippen LogP) is 3.08. The summed E-state index contributed by atoms with van der Waals surface area (Å²) in [5, 5.41) is 3.58. The molecule has 0 atom stereocenters. The smallest absolute Gasteiger partial charge is 0.0110 e. The summed E-state index contributed by atoms with van der Waals surface area (Å²) in [5.74, 6) is 0. The Kier molecular flexibility index (Phi) is 6.38. The van der Waals surface area contributed by atoms with Crippen LogP contribution in [0.15, 0.2) is 30.3 Å². The van der Waals surface area contributed by atoms with Crippen LogP contribution in [-0.4, -0.2) is 37.1 Å². The number of rotatable bonds is 9. The highest BCUT2D eigenvalue weighted by Crippen LogP contribution is 2.24. The molecule has 1 aliphatic carbocycles. The molecule has 0 bridgehead atoms. The maximum Gasteiger partial charge on any atom is 0.0110 e. The maximum absolute atomic E-state index is 3.58. The lowest BCUT2D eigenvalue weighted by atomic mass is 9.91. The zero-order chi connectivity index (χ0) is 13.3. The Bertz CT molecular complexity index is 332. The minimum Gasteiger partial charge on any atom is -0.315 e. The van der Waals surface area contributed by atoms with Gasteiger partial charge in [0.1, 0.15) is 0 Å². The Morgan fingerprint density at radius 1 is 1.11 bits per heavy atom. The van der Waals surface area contributed by atoms with Crippen LogP contribution in [0.5, 0.6) is 0 Å². The standard InChI is InChI=1S/C17H28N2/c1-2-14-19(17-9-6-10-17)15-13-18-12-11-16-7-4-3-5-8-16/h3-5,7-8,17-18H,2,6,9-15H2,1H3. The SMILES string of the molecule is CCCN(CCNCCc1ccccc1)C1CCC1. The Balaban J connectivity index is 1.57. The van der Waals surface area contributed by atoms with Gasteiger partial charge in [-0.25, -0.2) is 0 Å². The number of benzene rings is 1. The molecule has 1 fully saturated rings. The highest BCUT2D eigenvalue weighted by Gasteiger charge is 2.23. The summed E-state index contributed by atoms with van der Waals surface area (Å²) in [7, 11) is 0. The molecule has 0 amide bonds. The molecular formula is C17H28N2. The summed E-state index contributed by atoms with van der Waals surface area (Å²) in [4.78, 5) is 2.68. The van der Waals surface area contributed by atoms with Gasteiger partial charge >= 0.3 is 0 Å². The van der Waals surface area contributed by atoms with E-state index in [0.29, 0.717) is 0 Å². The van der Waals surface area contributed by atoms with E-state index in [0.717, 1.165) is 25.6 Å². The first kappa shape index (κ1) is 14.5. The van der Waals surface area contributed by atoms with Crippen LogP contribution in [-0.2, 0) is 6.42 Å². The highest BCUT2D eigenvalue weighted by molar-refractivity contribution is 5.14. The van der Waals surface area contributed by atoms with Gasteiger partial charge in [-0.15, -0.1) is 0 Å². The molecule has 1 aromatic carbocycles. The van der Waals surface area contributed by atoms with Crippen LogP contribution in [0.3, 0.4) is 0 Å². The van der Waals surface area contributed by atoms with Gasteiger partial charge in [0.25, 0.3) is 0 Å². The van der Waals surface area contributed by atoms with Crippen molar-refractivity contribution in [1.29, 1.82) is 0 Å². The molecule has 0 aliphatic heterocycles. The van der Waals surface area contributed by atoms with Crippen molar-refractivity contribution >= 4 is 0 Å². The van der Waals surface area contributed by atoms with Gasteiger partial charge in [0.15, 0.2) is 0 Å². The minimum absolute atomic E-state index is 0.885. The molecule has 1 N–H and O–H groups in total. The number of hydrogen-bond donors (Lipinski definition) is 1. The molecule has 0 unspecified atom stereocenters. The molecule has 0 aromatic heterocycles. The third kappa shape index (κ3) is 4.96. The normalized spacial score (nSPS) is 15.7. The summed E-state index contributed by atoms with van der Waals surface area (Å²) >= 11 is 0. The molecule has 1 saturated carbocycles. The second-order valence-corrected chi connectivity index (χ2v) is 5.61. The second-order valence-electron chi connectivity index (χ2n) is 5.61. The van der Waals surface area contributed by atoms with Crippen molar-refractivity contribution in [2.45, 2.75) is 45.1 Å². The Hall–Kier alpha value is -0.860. The van der Waals surface area contributed by atoms with Crippen LogP contribution in [0.4, 0.5) is 0 Å². The summed E-state index contributed by atoms with van der Waals surface area (Å²) in [5.41, 5.74) is 1.43. The van der Waals surface area contributed by atoms with E-state index in [2.05, 4.69) is 47.5 Å². The Morgan fingerprint density at radius 3 is 2.53 bits per heavy atom. The molecule has 2 nitrogen and oxygen atoms in total. The zero-order valence-electron chi connectivity index (χ0n) is 12.3. The molecular weight excluding hydrogens is 232 g/mol. The van der Waals surface area contributed by atoms with E-state index in [1.165, 1.54) is 44.3 Å². The van der Waals surface area contributed by atoms with E-state index >= 15 is 0 Å². The fourth-order valence-electron chi connectivity index (χ4n) is 2.74. The van der Waals surface area contributed by atoms with E-state index in [4.69, 9.17) is 0 Å². The molecule has 0 heterocycles. The van der Waals surface area contributed by atoms with Crippen LogP contribution >= 0.6 is 0 Å². The fraction of sp³-hybridized carbons (Fsp3) is 0.647. The van der Waals surface area contributed by atoms with Crippen molar-refractivity contribution in [2.24, 2.45) is 0 Å². The van der Waals surface area contributed by atoms with Crippen LogP contribution in [0.2, 0.25) is 0 Å². The van der Waals surface area contributed by atoms with Gasteiger partial charge in [0.2, 0.25) is 0 Å². The van der Waals surface area contributed by atoms with Gasteiger partial charge in [-0.2, -0.15) is 0 Å². The molecule has 0 saturated heterocycles. The molecule has 2 heteroatoms. The van der Waals surface area contributed by atoms with Crippen molar-refractivity contribution in [2.75, 3.05) is 26.2 Å². The second kappa shape index (κ2) is 8.34. The predicted molar refractivity (Wildman–Crippen MR) is 82.5 cm³/mol. The monoisotopic (exact) mass is 260 g/mol. The minimum atomic E-state index is 0.885. The largest absolute Gasteiger partial charge is 0.315 e. The summed E-state index contributed by atoms with van der Waals surface area (Å²) in [6.07, 6.45) is 6.69. The number of hydrogen-bond acceptors (Lipinski definition) is 2. The zero-order valence-corrected chi connectivity index (χ0v) is 12.3. The van der Waals surface area contributed by atoms with Crippen molar-refractivity contribution in [1.82, 2.24) is 10.2 Å². The van der Waals surface area contributed by atoms with E-state index < -0.39 is 0 Å². The van der Waals surface area contributed by atoms with Crippen LogP contribution < -0.4 is 5.32 Å². The summed E-state index contributed by atoms with van der Waals surface area (Å²) in [6, 6.07) is 11.6. The molecule has 0 spiro atoms. The van der Waals surface area contributed by atoms with Gasteiger partial charge in [-0.05, 0) is 44.3 Å². The van der Waals surface area contributed by atoms with E-state index in [-0.39, 0.29) is 0 Å². The first-order chi connectivity index (χ1) is 9.40. The van der Waals surface area contributed by atoms with Crippen LogP contribution in [0.25, 0.3) is 0 Å². The average molecular weight is 260 g/mol. The molecule has 19 heavy (non-hydrogen) atoms. The van der Waals surface area contributed by atoms with Crippen molar-refractivity contribution in [3.63, 3.8) is 0 Å². The van der Waals surface area contributed by atoms with Crippen LogP contribution in [0, 0.1) is 0 Å². The van der Waals surface area contributed by atoms with E-state index in [1.807, 2.05) is 0 Å². The Labute approximate surface area is 118 Å². The van der Waals surface area contributed by atoms with Crippen molar-refractivity contribution in [3.05, 3.63) is 35.9 Å². The third-order valence-electron chi connectivity index (χ3n) is 4.11. The molecule has 106 valence electrons. The lowest BCUT2D eigenvalue weighted by Crippen LogP contribution is -2.44. The quantitative estimate of drug-likeness (QED) is 0.686. The van der Waals surface area contributed by atoms with Crippen molar-refractivity contribution in [3.8, 4) is 0 Å². The molecule has 2 rings (SSSR count). The fourth-order valence-corrected chi connectivity index (χ4v) is 2.74. The number of nitrogens with one attached hydrogen (secondary N) is 1. The Morgan fingerprint density at radius 2 is 1.89 bits per heavy atom. The first-order valence-electron chi connectivity index (χ1n) is 7.89. The molecule has 1 aliphatic rings. The number of nitrogens with zero attached hydrogens (tertiary/aromatic N) is 1. The molecule has 1 aromatic rings. The van der Waals surface area contributed by atoms with Gasteiger partial charge in [0, 0.05) is 19.1 Å². The maximum atomic E-state index is 3.58. The lowest BCUT2D eigenvalue weighted by Gasteiger charge is -2.37. The molecule has 0 radical (unpaired) electrons. The van der Waals surface area contributed by atoms with Gasteiger partial charge in [-0.3, -0.25) is 4.90 Å². The first-order valence-corrected chi connectivity index (χ1v) is 7.89. The van der Waals surface area contributed by atoms with Crippen LogP contribution in [0.1, 0.15) is 38.2 Å². The average Bonchev–Trinajstić information content (AvgIpc) is 2.37. The van der Waals surface area contributed by atoms with Gasteiger partial charge in [-0.1, -0.05) is 43.7 Å². The van der Waals surface area contributed by atoms with Gasteiger partial charge in [0.05, 0.1) is 0 Å². The lowest BCUT2D eigenvalue weighted by molar-refractivity contribution is 0.128. The summed E-state index contributed by atoms with van der Waals surface area (Å²) < 4.78 is 0. The van der Waals surface area contributed by atoms with E-state index in [1.54, 1.807) is 0 Å². The highest BCUT2D eigenvalue weighted by atomic mass is 15.2. The third-order valence-corrected chi connectivity index (χ3v) is 4.11. The topological polar surface area (TPSA) is 15.3 Å². The van der Waals surface area contributed by atoms with E-state index in [9.17, 15) is 0 Å².